The highest BCUT2D eigenvalue weighted by molar-refractivity contribution is 6.20. The van der Waals surface area contributed by atoms with E-state index in [-0.39, 0.29) is 11.0 Å². The monoisotopic (exact) mass is 224 g/mol. The molecule has 2 rings (SSSR count). The highest BCUT2D eigenvalue weighted by Gasteiger charge is 2.33. The summed E-state index contributed by atoms with van der Waals surface area (Å²) in [6.45, 7) is 4.99. The second-order valence-corrected chi connectivity index (χ2v) is 5.15. The molecule has 1 fully saturated rings. The van der Waals surface area contributed by atoms with E-state index < -0.39 is 0 Å². The smallest absolute Gasteiger partial charge is 0.0917 e. The molecule has 2 atom stereocenters. The van der Waals surface area contributed by atoms with Gasteiger partial charge in [0.15, 0.2) is 0 Å². The van der Waals surface area contributed by atoms with E-state index in [0.29, 0.717) is 0 Å². The van der Waals surface area contributed by atoms with Gasteiger partial charge in [-0.25, -0.2) is 0 Å². The minimum atomic E-state index is -0.196. The van der Waals surface area contributed by atoms with E-state index in [0.717, 1.165) is 19.4 Å². The highest BCUT2D eigenvalue weighted by Crippen LogP contribution is 2.36. The molecule has 0 aromatic heterocycles. The molecule has 1 heterocycles. The Kier molecular flexibility index (Phi) is 3.03. The largest absolute Gasteiger partial charge is 0.370 e. The molecule has 15 heavy (non-hydrogen) atoms. The van der Waals surface area contributed by atoms with Gasteiger partial charge in [-0.05, 0) is 32.3 Å². The van der Waals surface area contributed by atoms with Gasteiger partial charge in [-0.15, -0.1) is 11.6 Å². The van der Waals surface area contributed by atoms with E-state index in [1.54, 1.807) is 0 Å². The Hall–Kier alpha value is -0.530. The third-order valence-electron chi connectivity index (χ3n) is 3.12. The Morgan fingerprint density at radius 3 is 2.60 bits per heavy atom. The molecule has 1 nitrogen and oxygen atoms in total. The lowest BCUT2D eigenvalue weighted by molar-refractivity contribution is -0.0684. The van der Waals surface area contributed by atoms with Crippen molar-refractivity contribution in [1.29, 1.82) is 0 Å². The van der Waals surface area contributed by atoms with Crippen LogP contribution < -0.4 is 0 Å². The fourth-order valence-electron chi connectivity index (χ4n) is 2.10. The normalized spacial score (nSPS) is 31.5. The number of aryl methyl sites for hydroxylation is 1. The Bertz CT molecular complexity index is 333. The van der Waals surface area contributed by atoms with Gasteiger partial charge < -0.3 is 4.74 Å². The molecule has 0 spiro atoms. The fraction of sp³-hybridized carbons (Fsp3) is 0.538. The average molecular weight is 225 g/mol. The second kappa shape index (κ2) is 4.15. The number of benzene rings is 1. The lowest BCUT2D eigenvalue weighted by Crippen LogP contribution is -2.35. The maximum absolute atomic E-state index is 6.20. The van der Waals surface area contributed by atoms with Crippen molar-refractivity contribution in [2.45, 2.75) is 37.7 Å². The Morgan fingerprint density at radius 2 is 2.00 bits per heavy atom. The first-order valence-corrected chi connectivity index (χ1v) is 5.89. The van der Waals surface area contributed by atoms with Crippen molar-refractivity contribution in [3.05, 3.63) is 35.4 Å². The standard InChI is InChI=1S/C13H17ClO/c1-10-3-5-11(6-4-10)13(2)9-12(14)7-8-15-13/h3-6,12H,7-9H2,1-2H3. The van der Waals surface area contributed by atoms with Crippen molar-refractivity contribution in [3.8, 4) is 0 Å². The predicted molar refractivity (Wildman–Crippen MR) is 63.4 cm³/mol. The summed E-state index contributed by atoms with van der Waals surface area (Å²) in [7, 11) is 0. The highest BCUT2D eigenvalue weighted by atomic mass is 35.5. The van der Waals surface area contributed by atoms with E-state index >= 15 is 0 Å². The molecule has 0 aliphatic carbocycles. The Balaban J connectivity index is 2.24. The molecule has 2 heteroatoms. The van der Waals surface area contributed by atoms with Crippen LogP contribution in [0.25, 0.3) is 0 Å². The number of rotatable bonds is 1. The van der Waals surface area contributed by atoms with Crippen LogP contribution in [0.15, 0.2) is 24.3 Å². The van der Waals surface area contributed by atoms with Crippen LogP contribution in [0.3, 0.4) is 0 Å². The van der Waals surface area contributed by atoms with Gasteiger partial charge in [-0.3, -0.25) is 0 Å². The molecule has 1 saturated heterocycles. The van der Waals surface area contributed by atoms with Crippen LogP contribution in [0, 0.1) is 6.92 Å². The quantitative estimate of drug-likeness (QED) is 0.662. The van der Waals surface area contributed by atoms with Crippen molar-refractivity contribution in [2.75, 3.05) is 6.61 Å². The van der Waals surface area contributed by atoms with Crippen molar-refractivity contribution >= 4 is 11.6 Å². The van der Waals surface area contributed by atoms with Crippen LogP contribution in [0.2, 0.25) is 0 Å². The molecule has 1 aromatic carbocycles. The molecular weight excluding hydrogens is 208 g/mol. The van der Waals surface area contributed by atoms with Gasteiger partial charge >= 0.3 is 0 Å². The summed E-state index contributed by atoms with van der Waals surface area (Å²) >= 11 is 6.20. The number of alkyl halides is 1. The molecular formula is C13H17ClO. The van der Waals surface area contributed by atoms with Crippen LogP contribution >= 0.6 is 11.6 Å². The average Bonchev–Trinajstić information content (AvgIpc) is 2.18. The molecule has 1 aromatic rings. The van der Waals surface area contributed by atoms with Crippen LogP contribution in [0.4, 0.5) is 0 Å². The maximum atomic E-state index is 6.20. The number of halogens is 1. The van der Waals surface area contributed by atoms with Crippen LogP contribution in [0.5, 0.6) is 0 Å². The SMILES string of the molecule is Cc1ccc(C2(C)CC(Cl)CCO2)cc1. The van der Waals surface area contributed by atoms with Crippen LogP contribution in [-0.2, 0) is 10.3 Å². The first-order valence-electron chi connectivity index (χ1n) is 5.45. The molecule has 0 bridgehead atoms. The summed E-state index contributed by atoms with van der Waals surface area (Å²) in [5, 5.41) is 0.241. The second-order valence-electron chi connectivity index (χ2n) is 4.54. The summed E-state index contributed by atoms with van der Waals surface area (Å²) in [4.78, 5) is 0. The van der Waals surface area contributed by atoms with Crippen molar-refractivity contribution in [2.24, 2.45) is 0 Å². The summed E-state index contributed by atoms with van der Waals surface area (Å²) in [6.07, 6.45) is 1.86. The molecule has 1 aliphatic rings. The summed E-state index contributed by atoms with van der Waals surface area (Å²) in [6, 6.07) is 8.54. The lowest BCUT2D eigenvalue weighted by atomic mass is 9.88. The van der Waals surface area contributed by atoms with Gasteiger partial charge in [0.1, 0.15) is 0 Å². The van der Waals surface area contributed by atoms with Gasteiger partial charge in [0.05, 0.1) is 5.60 Å². The molecule has 0 saturated carbocycles. The van der Waals surface area contributed by atoms with Gasteiger partial charge in [0.25, 0.3) is 0 Å². The zero-order valence-electron chi connectivity index (χ0n) is 9.29. The van der Waals surface area contributed by atoms with E-state index in [4.69, 9.17) is 16.3 Å². The topological polar surface area (TPSA) is 9.23 Å². The van der Waals surface area contributed by atoms with Gasteiger partial charge in [0.2, 0.25) is 0 Å². The molecule has 0 radical (unpaired) electrons. The molecule has 1 aliphatic heterocycles. The van der Waals surface area contributed by atoms with Gasteiger partial charge in [-0.2, -0.15) is 0 Å². The first kappa shape index (κ1) is 11.0. The molecule has 2 unspecified atom stereocenters. The number of hydrogen-bond donors (Lipinski definition) is 0. The van der Waals surface area contributed by atoms with Gasteiger partial charge in [0, 0.05) is 12.0 Å². The number of ether oxygens (including phenoxy) is 1. The van der Waals surface area contributed by atoms with Gasteiger partial charge in [-0.1, -0.05) is 29.8 Å². The van der Waals surface area contributed by atoms with Crippen LogP contribution in [-0.4, -0.2) is 12.0 Å². The predicted octanol–water partition coefficient (Wildman–Crippen LogP) is 3.63. The fourth-order valence-corrected chi connectivity index (χ4v) is 2.49. The van der Waals surface area contributed by atoms with Crippen LogP contribution in [0.1, 0.15) is 30.9 Å². The van der Waals surface area contributed by atoms with Crippen molar-refractivity contribution in [1.82, 2.24) is 0 Å². The Labute approximate surface area is 96.4 Å². The zero-order valence-corrected chi connectivity index (χ0v) is 10.1. The summed E-state index contributed by atoms with van der Waals surface area (Å²) in [5.74, 6) is 0. The maximum Gasteiger partial charge on any atom is 0.0917 e. The number of hydrogen-bond acceptors (Lipinski definition) is 1. The first-order chi connectivity index (χ1) is 7.10. The van der Waals surface area contributed by atoms with E-state index in [1.807, 2.05) is 0 Å². The molecule has 0 N–H and O–H groups in total. The minimum Gasteiger partial charge on any atom is -0.370 e. The van der Waals surface area contributed by atoms with E-state index in [9.17, 15) is 0 Å². The molecule has 82 valence electrons. The summed E-state index contributed by atoms with van der Waals surface area (Å²) < 4.78 is 5.88. The Morgan fingerprint density at radius 1 is 1.33 bits per heavy atom. The van der Waals surface area contributed by atoms with Crippen molar-refractivity contribution in [3.63, 3.8) is 0 Å². The van der Waals surface area contributed by atoms with Crippen molar-refractivity contribution < 1.29 is 4.74 Å². The third kappa shape index (κ3) is 2.35. The van der Waals surface area contributed by atoms with E-state index in [2.05, 4.69) is 38.1 Å². The molecule has 0 amide bonds. The lowest BCUT2D eigenvalue weighted by Gasteiger charge is -2.36. The summed E-state index contributed by atoms with van der Waals surface area (Å²) in [5.41, 5.74) is 2.32. The third-order valence-corrected chi connectivity index (χ3v) is 3.50. The van der Waals surface area contributed by atoms with E-state index in [1.165, 1.54) is 11.1 Å². The zero-order chi connectivity index (χ0) is 10.9. The minimum absolute atomic E-state index is 0.196.